The molecule has 0 bridgehead atoms. The minimum absolute atomic E-state index is 0.188. The number of aromatic hydroxyl groups is 1. The van der Waals surface area contributed by atoms with Crippen LogP contribution in [0.25, 0.3) is 0 Å². The van der Waals surface area contributed by atoms with E-state index >= 15 is 0 Å². The van der Waals surface area contributed by atoms with E-state index in [-0.39, 0.29) is 11.7 Å². The number of amides is 1. The molecule has 1 amide bonds. The van der Waals surface area contributed by atoms with Crippen LogP contribution in [-0.4, -0.2) is 30.2 Å². The van der Waals surface area contributed by atoms with Gasteiger partial charge in [0, 0.05) is 6.54 Å². The molecule has 0 heterocycles. The Morgan fingerprint density at radius 2 is 2.16 bits per heavy atom. The molecule has 104 valence electrons. The van der Waals surface area contributed by atoms with Crippen LogP contribution in [0.5, 0.6) is 5.75 Å². The number of ether oxygens (including phenoxy) is 1. The SMILES string of the molecule is C=COCCCNC(=O)[C@@H](N)Cc1ccc(O)cc1. The molecule has 0 spiro atoms. The number of nitrogens with one attached hydrogen (secondary N) is 1. The molecule has 0 fully saturated rings. The van der Waals surface area contributed by atoms with Crippen molar-refractivity contribution in [2.24, 2.45) is 5.73 Å². The topological polar surface area (TPSA) is 84.6 Å². The molecule has 0 saturated heterocycles. The molecule has 5 nitrogen and oxygen atoms in total. The van der Waals surface area contributed by atoms with Crippen molar-refractivity contribution in [2.75, 3.05) is 13.2 Å². The summed E-state index contributed by atoms with van der Waals surface area (Å²) in [7, 11) is 0. The fourth-order valence-corrected chi connectivity index (χ4v) is 1.56. The lowest BCUT2D eigenvalue weighted by Gasteiger charge is -2.12. The molecule has 0 saturated carbocycles. The maximum atomic E-state index is 11.7. The van der Waals surface area contributed by atoms with Crippen molar-refractivity contribution in [1.82, 2.24) is 5.32 Å². The van der Waals surface area contributed by atoms with E-state index in [0.29, 0.717) is 26.0 Å². The van der Waals surface area contributed by atoms with Gasteiger partial charge in [-0.3, -0.25) is 4.79 Å². The van der Waals surface area contributed by atoms with Crippen molar-refractivity contribution in [2.45, 2.75) is 18.9 Å². The highest BCUT2D eigenvalue weighted by atomic mass is 16.5. The Labute approximate surface area is 113 Å². The van der Waals surface area contributed by atoms with Crippen LogP contribution < -0.4 is 11.1 Å². The Morgan fingerprint density at radius 3 is 2.79 bits per heavy atom. The predicted molar refractivity (Wildman–Crippen MR) is 73.6 cm³/mol. The third-order valence-electron chi connectivity index (χ3n) is 2.58. The Hall–Kier alpha value is -2.01. The zero-order valence-corrected chi connectivity index (χ0v) is 10.8. The highest BCUT2D eigenvalue weighted by Crippen LogP contribution is 2.10. The smallest absolute Gasteiger partial charge is 0.237 e. The van der Waals surface area contributed by atoms with Crippen LogP contribution in [0.1, 0.15) is 12.0 Å². The van der Waals surface area contributed by atoms with E-state index in [2.05, 4.69) is 11.9 Å². The fraction of sp³-hybridized carbons (Fsp3) is 0.357. The maximum Gasteiger partial charge on any atom is 0.237 e. The van der Waals surface area contributed by atoms with Crippen molar-refractivity contribution in [3.63, 3.8) is 0 Å². The lowest BCUT2D eigenvalue weighted by molar-refractivity contribution is -0.122. The lowest BCUT2D eigenvalue weighted by Crippen LogP contribution is -2.42. The second-order valence-electron chi connectivity index (χ2n) is 4.16. The zero-order chi connectivity index (χ0) is 14.1. The van der Waals surface area contributed by atoms with Gasteiger partial charge >= 0.3 is 0 Å². The van der Waals surface area contributed by atoms with Crippen LogP contribution in [-0.2, 0) is 16.0 Å². The first kappa shape index (κ1) is 15.0. The van der Waals surface area contributed by atoms with Crippen LogP contribution in [0.4, 0.5) is 0 Å². The van der Waals surface area contributed by atoms with E-state index in [0.717, 1.165) is 5.56 Å². The van der Waals surface area contributed by atoms with Crippen molar-refractivity contribution in [3.8, 4) is 5.75 Å². The van der Waals surface area contributed by atoms with Crippen LogP contribution in [0, 0.1) is 0 Å². The normalized spacial score (nSPS) is 11.6. The fourth-order valence-electron chi connectivity index (χ4n) is 1.56. The van der Waals surface area contributed by atoms with Gasteiger partial charge in [0.05, 0.1) is 18.9 Å². The van der Waals surface area contributed by atoms with Gasteiger partial charge in [-0.2, -0.15) is 0 Å². The first-order valence-corrected chi connectivity index (χ1v) is 6.17. The summed E-state index contributed by atoms with van der Waals surface area (Å²) in [5.41, 5.74) is 6.72. The average molecular weight is 264 g/mol. The van der Waals surface area contributed by atoms with E-state index in [1.165, 1.54) is 6.26 Å². The van der Waals surface area contributed by atoms with E-state index in [1.807, 2.05) is 0 Å². The van der Waals surface area contributed by atoms with Gasteiger partial charge in [-0.05, 0) is 30.5 Å². The molecule has 0 aliphatic rings. The second kappa shape index (κ2) is 8.16. The Morgan fingerprint density at radius 1 is 1.47 bits per heavy atom. The first-order valence-electron chi connectivity index (χ1n) is 6.17. The van der Waals surface area contributed by atoms with E-state index in [1.54, 1.807) is 24.3 Å². The molecule has 0 aromatic heterocycles. The Kier molecular flexibility index (Phi) is 6.46. The molecule has 19 heavy (non-hydrogen) atoms. The average Bonchev–Trinajstić information content (AvgIpc) is 2.41. The van der Waals surface area contributed by atoms with Gasteiger partial charge in [0.25, 0.3) is 0 Å². The molecule has 5 heteroatoms. The van der Waals surface area contributed by atoms with Crippen molar-refractivity contribution in [1.29, 1.82) is 0 Å². The number of phenolic OH excluding ortho intramolecular Hbond substituents is 1. The van der Waals surface area contributed by atoms with Gasteiger partial charge in [0.1, 0.15) is 5.75 Å². The highest BCUT2D eigenvalue weighted by Gasteiger charge is 2.13. The number of hydrogen-bond acceptors (Lipinski definition) is 4. The summed E-state index contributed by atoms with van der Waals surface area (Å²) in [5.74, 6) is 0.00988. The monoisotopic (exact) mass is 264 g/mol. The summed E-state index contributed by atoms with van der Waals surface area (Å²) in [6.45, 7) is 4.48. The van der Waals surface area contributed by atoms with Gasteiger partial charge in [0.15, 0.2) is 0 Å². The summed E-state index contributed by atoms with van der Waals surface area (Å²) < 4.78 is 4.94. The quantitative estimate of drug-likeness (QED) is 0.481. The highest BCUT2D eigenvalue weighted by molar-refractivity contribution is 5.81. The molecule has 0 radical (unpaired) electrons. The van der Waals surface area contributed by atoms with Gasteiger partial charge in [0.2, 0.25) is 5.91 Å². The summed E-state index contributed by atoms with van der Waals surface area (Å²) in [5, 5.41) is 11.9. The summed E-state index contributed by atoms with van der Waals surface area (Å²) in [6.07, 6.45) is 2.53. The molecule has 1 aromatic rings. The van der Waals surface area contributed by atoms with Gasteiger partial charge < -0.3 is 20.9 Å². The van der Waals surface area contributed by atoms with Crippen molar-refractivity contribution < 1.29 is 14.6 Å². The van der Waals surface area contributed by atoms with Crippen LogP contribution in [0.3, 0.4) is 0 Å². The van der Waals surface area contributed by atoms with Crippen molar-refractivity contribution >= 4 is 5.91 Å². The first-order chi connectivity index (χ1) is 9.13. The molecule has 1 rings (SSSR count). The summed E-state index contributed by atoms with van der Waals surface area (Å²) in [4.78, 5) is 11.7. The largest absolute Gasteiger partial charge is 0.508 e. The van der Waals surface area contributed by atoms with Crippen LogP contribution in [0.15, 0.2) is 37.1 Å². The second-order valence-corrected chi connectivity index (χ2v) is 4.16. The third-order valence-corrected chi connectivity index (χ3v) is 2.58. The minimum atomic E-state index is -0.593. The number of carbonyl (C=O) groups is 1. The van der Waals surface area contributed by atoms with E-state index in [4.69, 9.17) is 15.6 Å². The van der Waals surface area contributed by atoms with Gasteiger partial charge in [-0.25, -0.2) is 0 Å². The van der Waals surface area contributed by atoms with Gasteiger partial charge in [-0.15, -0.1) is 0 Å². The third kappa shape index (κ3) is 5.92. The number of rotatable bonds is 8. The molecular formula is C14H20N2O3. The molecular weight excluding hydrogens is 244 g/mol. The Balaban J connectivity index is 2.28. The number of nitrogens with two attached hydrogens (primary N) is 1. The molecule has 1 aromatic carbocycles. The number of hydrogen-bond donors (Lipinski definition) is 3. The zero-order valence-electron chi connectivity index (χ0n) is 10.8. The standard InChI is InChI=1S/C14H20N2O3/c1-2-19-9-3-8-16-14(18)13(15)10-11-4-6-12(17)7-5-11/h2,4-7,13,17H,1,3,8-10,15H2,(H,16,18)/t13-/m0/s1. The molecule has 0 aliphatic carbocycles. The molecule has 1 atom stereocenters. The number of benzene rings is 1. The van der Waals surface area contributed by atoms with E-state index < -0.39 is 6.04 Å². The Bertz CT molecular complexity index is 404. The minimum Gasteiger partial charge on any atom is -0.508 e. The summed E-state index contributed by atoms with van der Waals surface area (Å²) in [6, 6.07) is 6.06. The summed E-state index contributed by atoms with van der Waals surface area (Å²) >= 11 is 0. The molecule has 0 unspecified atom stereocenters. The van der Waals surface area contributed by atoms with Crippen LogP contribution in [0.2, 0.25) is 0 Å². The molecule has 4 N–H and O–H groups in total. The lowest BCUT2D eigenvalue weighted by atomic mass is 10.1. The number of carbonyl (C=O) groups excluding carboxylic acids is 1. The van der Waals surface area contributed by atoms with E-state index in [9.17, 15) is 4.79 Å². The number of phenols is 1. The van der Waals surface area contributed by atoms with Crippen molar-refractivity contribution in [3.05, 3.63) is 42.7 Å². The predicted octanol–water partition coefficient (Wildman–Crippen LogP) is 0.928. The maximum absolute atomic E-state index is 11.7. The van der Waals surface area contributed by atoms with Crippen LogP contribution >= 0.6 is 0 Å². The van der Waals surface area contributed by atoms with Gasteiger partial charge in [-0.1, -0.05) is 18.7 Å². The molecule has 0 aliphatic heterocycles.